The zero-order valence-electron chi connectivity index (χ0n) is 19.0. The molecular weight excluding hydrogens is 403 g/mol. The highest BCUT2D eigenvalue weighted by Gasteiger charge is 2.09. The van der Waals surface area contributed by atoms with Crippen molar-refractivity contribution < 1.29 is 13.9 Å². The van der Waals surface area contributed by atoms with Crippen LogP contribution in [0, 0.1) is 11.7 Å². The number of hydrogen-bond donors (Lipinski definition) is 1. The summed E-state index contributed by atoms with van der Waals surface area (Å²) in [6, 6.07) is 16.7. The highest BCUT2D eigenvalue weighted by atomic mass is 19.1. The number of halogens is 1. The minimum Gasteiger partial charge on any atom is -0.493 e. The molecule has 1 N–H and O–H groups in total. The molecule has 0 aliphatic rings. The van der Waals surface area contributed by atoms with Crippen LogP contribution in [0.15, 0.2) is 60.8 Å². The van der Waals surface area contributed by atoms with Crippen molar-refractivity contribution in [2.45, 2.75) is 46.6 Å². The van der Waals surface area contributed by atoms with Gasteiger partial charge in [-0.05, 0) is 47.2 Å². The quantitative estimate of drug-likeness (QED) is 0.443. The van der Waals surface area contributed by atoms with Crippen molar-refractivity contribution in [1.82, 2.24) is 10.3 Å². The molecule has 0 bridgehead atoms. The van der Waals surface area contributed by atoms with Gasteiger partial charge < -0.3 is 10.1 Å². The fourth-order valence-electron chi connectivity index (χ4n) is 3.47. The molecule has 1 amide bonds. The molecule has 3 rings (SSSR count). The molecule has 0 saturated heterocycles. The van der Waals surface area contributed by atoms with Gasteiger partial charge in [-0.25, -0.2) is 4.39 Å². The van der Waals surface area contributed by atoms with Crippen molar-refractivity contribution in [2.75, 3.05) is 6.61 Å². The van der Waals surface area contributed by atoms with Gasteiger partial charge in [0.1, 0.15) is 11.6 Å². The van der Waals surface area contributed by atoms with Crippen molar-refractivity contribution in [3.8, 4) is 16.9 Å². The highest BCUT2D eigenvalue weighted by molar-refractivity contribution is 5.78. The van der Waals surface area contributed by atoms with E-state index in [1.54, 1.807) is 6.07 Å². The van der Waals surface area contributed by atoms with Gasteiger partial charge in [0.2, 0.25) is 5.91 Å². The van der Waals surface area contributed by atoms with E-state index in [4.69, 9.17) is 4.74 Å². The van der Waals surface area contributed by atoms with Crippen molar-refractivity contribution in [2.24, 2.45) is 5.92 Å². The Kier molecular flexibility index (Phi) is 8.37. The molecule has 0 saturated carbocycles. The molecule has 0 aliphatic heterocycles. The second-order valence-corrected chi connectivity index (χ2v) is 8.40. The van der Waals surface area contributed by atoms with Crippen LogP contribution in [0.5, 0.6) is 5.75 Å². The number of pyridine rings is 1. The Morgan fingerprint density at radius 3 is 2.66 bits per heavy atom. The summed E-state index contributed by atoms with van der Waals surface area (Å²) in [6.45, 7) is 6.98. The molecule has 3 aromatic rings. The number of carbonyl (C=O) groups is 1. The zero-order valence-corrected chi connectivity index (χ0v) is 19.0. The standard InChI is InChI=1S/C27H31FN2O2/c1-4-7-21-8-5-6-9-26(21)22-10-11-24(29-17-22)15-27(31)30-16-20-12-23(28)14-25(13-20)32-18-19(2)3/h5-6,8-14,17,19H,4,7,15-16,18H2,1-3H3,(H,30,31). The van der Waals surface area contributed by atoms with Crippen LogP contribution < -0.4 is 10.1 Å². The van der Waals surface area contributed by atoms with E-state index >= 15 is 0 Å². The van der Waals surface area contributed by atoms with E-state index in [0.29, 0.717) is 29.5 Å². The lowest BCUT2D eigenvalue weighted by atomic mass is 9.98. The van der Waals surface area contributed by atoms with Crippen LogP contribution >= 0.6 is 0 Å². The number of aryl methyl sites for hydroxylation is 1. The van der Waals surface area contributed by atoms with Gasteiger partial charge in [0, 0.05) is 30.1 Å². The van der Waals surface area contributed by atoms with Gasteiger partial charge in [-0.1, -0.05) is 57.5 Å². The number of amides is 1. The molecule has 168 valence electrons. The summed E-state index contributed by atoms with van der Waals surface area (Å²) in [5.74, 6) is 0.283. The SMILES string of the molecule is CCCc1ccccc1-c1ccc(CC(=O)NCc2cc(F)cc(OCC(C)C)c2)nc1. The van der Waals surface area contributed by atoms with Crippen molar-refractivity contribution in [1.29, 1.82) is 0 Å². The number of benzene rings is 2. The van der Waals surface area contributed by atoms with Gasteiger partial charge in [0.15, 0.2) is 0 Å². The van der Waals surface area contributed by atoms with Gasteiger partial charge in [-0.3, -0.25) is 9.78 Å². The topological polar surface area (TPSA) is 51.2 Å². The molecule has 0 radical (unpaired) electrons. The van der Waals surface area contributed by atoms with Crippen LogP contribution in [0.4, 0.5) is 4.39 Å². The van der Waals surface area contributed by atoms with Crippen LogP contribution in [0.2, 0.25) is 0 Å². The Hall–Kier alpha value is -3.21. The molecule has 32 heavy (non-hydrogen) atoms. The summed E-state index contributed by atoms with van der Waals surface area (Å²) in [5, 5.41) is 2.84. The molecule has 5 heteroatoms. The second-order valence-electron chi connectivity index (χ2n) is 8.40. The van der Waals surface area contributed by atoms with Crippen LogP contribution in [0.25, 0.3) is 11.1 Å². The molecule has 0 atom stereocenters. The van der Waals surface area contributed by atoms with E-state index in [1.807, 2.05) is 38.2 Å². The Bertz CT molecular complexity index is 1030. The Labute approximate surface area is 189 Å². The van der Waals surface area contributed by atoms with E-state index < -0.39 is 0 Å². The molecule has 0 unspecified atom stereocenters. The molecule has 1 aromatic heterocycles. The Morgan fingerprint density at radius 2 is 1.94 bits per heavy atom. The molecule has 1 heterocycles. The highest BCUT2D eigenvalue weighted by Crippen LogP contribution is 2.24. The fourth-order valence-corrected chi connectivity index (χ4v) is 3.47. The minimum absolute atomic E-state index is 0.162. The smallest absolute Gasteiger partial charge is 0.226 e. The first-order valence-corrected chi connectivity index (χ1v) is 11.2. The molecule has 2 aromatic carbocycles. The van der Waals surface area contributed by atoms with Gasteiger partial charge in [-0.2, -0.15) is 0 Å². The van der Waals surface area contributed by atoms with Gasteiger partial charge in [0.05, 0.1) is 13.0 Å². The number of ether oxygens (including phenoxy) is 1. The maximum absolute atomic E-state index is 13.9. The van der Waals surface area contributed by atoms with Crippen LogP contribution in [-0.4, -0.2) is 17.5 Å². The van der Waals surface area contributed by atoms with Crippen LogP contribution in [0.1, 0.15) is 44.0 Å². The predicted octanol–water partition coefficient (Wildman–Crippen LogP) is 5.73. The molecule has 4 nitrogen and oxygen atoms in total. The third-order valence-electron chi connectivity index (χ3n) is 5.02. The number of nitrogens with zero attached hydrogens (tertiary/aromatic N) is 1. The first-order valence-electron chi connectivity index (χ1n) is 11.2. The van der Waals surface area contributed by atoms with Crippen molar-refractivity contribution in [3.05, 3.63) is 83.4 Å². The number of aromatic nitrogens is 1. The average molecular weight is 435 g/mol. The normalized spacial score (nSPS) is 10.9. The van der Waals surface area contributed by atoms with Gasteiger partial charge >= 0.3 is 0 Å². The van der Waals surface area contributed by atoms with Crippen LogP contribution in [-0.2, 0) is 24.2 Å². The lowest BCUT2D eigenvalue weighted by Crippen LogP contribution is -2.25. The second kappa shape index (κ2) is 11.4. The zero-order chi connectivity index (χ0) is 22.9. The average Bonchev–Trinajstić information content (AvgIpc) is 2.77. The maximum Gasteiger partial charge on any atom is 0.226 e. The molecular formula is C27H31FN2O2. The first-order chi connectivity index (χ1) is 15.4. The molecule has 0 fully saturated rings. The van der Waals surface area contributed by atoms with E-state index in [0.717, 1.165) is 18.4 Å². The third-order valence-corrected chi connectivity index (χ3v) is 5.02. The summed E-state index contributed by atoms with van der Waals surface area (Å²) >= 11 is 0. The summed E-state index contributed by atoms with van der Waals surface area (Å²) in [5.41, 5.74) is 4.88. The van der Waals surface area contributed by atoms with E-state index in [-0.39, 0.29) is 24.7 Å². The minimum atomic E-state index is -0.379. The van der Waals surface area contributed by atoms with Gasteiger partial charge in [0.25, 0.3) is 0 Å². The number of hydrogen-bond acceptors (Lipinski definition) is 3. The third kappa shape index (κ3) is 6.91. The lowest BCUT2D eigenvalue weighted by molar-refractivity contribution is -0.120. The fraction of sp³-hybridized carbons (Fsp3) is 0.333. The summed E-state index contributed by atoms with van der Waals surface area (Å²) < 4.78 is 19.5. The van der Waals surface area contributed by atoms with E-state index in [2.05, 4.69) is 35.4 Å². The molecule has 0 aliphatic carbocycles. The van der Waals surface area contributed by atoms with Crippen molar-refractivity contribution in [3.63, 3.8) is 0 Å². The summed E-state index contributed by atoms with van der Waals surface area (Å²) in [7, 11) is 0. The number of carbonyl (C=O) groups excluding carboxylic acids is 1. The number of nitrogens with one attached hydrogen (secondary N) is 1. The Balaban J connectivity index is 1.58. The van der Waals surface area contributed by atoms with E-state index in [9.17, 15) is 9.18 Å². The summed E-state index contributed by atoms with van der Waals surface area (Å²) in [4.78, 5) is 16.9. The van der Waals surface area contributed by atoms with Crippen molar-refractivity contribution >= 4 is 5.91 Å². The summed E-state index contributed by atoms with van der Waals surface area (Å²) in [6.07, 6.45) is 4.09. The Morgan fingerprint density at radius 1 is 1.12 bits per heavy atom. The predicted molar refractivity (Wildman–Crippen MR) is 126 cm³/mol. The largest absolute Gasteiger partial charge is 0.493 e. The first kappa shape index (κ1) is 23.5. The molecule has 0 spiro atoms. The number of rotatable bonds is 10. The van der Waals surface area contributed by atoms with Crippen LogP contribution in [0.3, 0.4) is 0 Å². The maximum atomic E-state index is 13.9. The monoisotopic (exact) mass is 434 g/mol. The van der Waals surface area contributed by atoms with Gasteiger partial charge in [-0.15, -0.1) is 0 Å². The van der Waals surface area contributed by atoms with E-state index in [1.165, 1.54) is 23.3 Å². The lowest BCUT2D eigenvalue weighted by Gasteiger charge is -2.11.